The molecule has 2 rings (SSSR count). The van der Waals surface area contributed by atoms with E-state index in [0.29, 0.717) is 4.47 Å². The van der Waals surface area contributed by atoms with Crippen molar-refractivity contribution in [3.05, 3.63) is 22.6 Å². The number of aromatic nitrogens is 1. The largest absolute Gasteiger partial charge is 0.369 e. The lowest BCUT2D eigenvalue weighted by atomic mass is 10.1. The number of pyridine rings is 1. The number of likely N-dealkylation sites (tertiary alicyclic amines) is 1. The highest BCUT2D eigenvalue weighted by Crippen LogP contribution is 2.20. The summed E-state index contributed by atoms with van der Waals surface area (Å²) in [6.07, 6.45) is 3.24. The maximum absolute atomic E-state index is 13.6. The highest BCUT2D eigenvalue weighted by atomic mass is 79.9. The van der Waals surface area contributed by atoms with E-state index >= 15 is 0 Å². The van der Waals surface area contributed by atoms with E-state index in [0.717, 1.165) is 25.9 Å². The molecule has 1 aromatic heterocycles. The van der Waals surface area contributed by atoms with Gasteiger partial charge in [0.15, 0.2) is 11.6 Å². The monoisotopic (exact) mass is 330 g/mol. The van der Waals surface area contributed by atoms with E-state index in [1.54, 1.807) is 6.20 Å². The third-order valence-electron chi connectivity index (χ3n) is 3.12. The molecule has 0 bridgehead atoms. The summed E-state index contributed by atoms with van der Waals surface area (Å²) in [7, 11) is 0. The van der Waals surface area contributed by atoms with E-state index < -0.39 is 0 Å². The number of hydrogen-bond acceptors (Lipinski definition) is 4. The van der Waals surface area contributed by atoms with E-state index in [4.69, 9.17) is 5.73 Å². The van der Waals surface area contributed by atoms with Gasteiger partial charge in [-0.15, -0.1) is 0 Å². The average Bonchev–Trinajstić information content (AvgIpc) is 2.34. The van der Waals surface area contributed by atoms with E-state index in [2.05, 4.69) is 26.2 Å². The van der Waals surface area contributed by atoms with Crippen LogP contribution in [0.3, 0.4) is 0 Å². The minimum atomic E-state index is -0.367. The van der Waals surface area contributed by atoms with E-state index in [-0.39, 0.29) is 30.1 Å². The Hall–Kier alpha value is -1.21. The van der Waals surface area contributed by atoms with Gasteiger partial charge in [0.2, 0.25) is 5.91 Å². The van der Waals surface area contributed by atoms with Gasteiger partial charge in [0.05, 0.1) is 6.54 Å². The van der Waals surface area contributed by atoms with E-state index in [1.165, 1.54) is 6.07 Å². The summed E-state index contributed by atoms with van der Waals surface area (Å²) < 4.78 is 14.2. The Morgan fingerprint density at radius 2 is 2.26 bits per heavy atom. The number of carbonyl (C=O) groups is 1. The fourth-order valence-electron chi connectivity index (χ4n) is 2.17. The molecule has 0 unspecified atom stereocenters. The van der Waals surface area contributed by atoms with Crippen molar-refractivity contribution in [1.82, 2.24) is 9.88 Å². The molecule has 5 nitrogen and oxygen atoms in total. The number of carbonyl (C=O) groups excluding carboxylic acids is 1. The lowest BCUT2D eigenvalue weighted by Gasteiger charge is -2.31. The molecule has 1 fully saturated rings. The van der Waals surface area contributed by atoms with E-state index in [1.807, 2.05) is 4.90 Å². The molecular formula is C12H16BrFN4O. The van der Waals surface area contributed by atoms with Crippen molar-refractivity contribution < 1.29 is 9.18 Å². The second-order valence-corrected chi connectivity index (χ2v) is 5.56. The Morgan fingerprint density at radius 1 is 1.58 bits per heavy atom. The first-order valence-electron chi connectivity index (χ1n) is 6.13. The molecule has 1 aliphatic heterocycles. The lowest BCUT2D eigenvalue weighted by Crippen LogP contribution is -2.43. The summed E-state index contributed by atoms with van der Waals surface area (Å²) in [4.78, 5) is 16.8. The molecule has 7 heteroatoms. The van der Waals surface area contributed by atoms with Crippen molar-refractivity contribution in [3.63, 3.8) is 0 Å². The molecule has 0 saturated carbocycles. The molecule has 19 heavy (non-hydrogen) atoms. The molecule has 1 amide bonds. The Labute approximate surface area is 119 Å². The van der Waals surface area contributed by atoms with Gasteiger partial charge in [-0.3, -0.25) is 9.69 Å². The molecule has 1 saturated heterocycles. The van der Waals surface area contributed by atoms with Gasteiger partial charge in [-0.1, -0.05) is 0 Å². The number of nitrogens with two attached hydrogens (primary N) is 1. The second-order valence-electron chi connectivity index (χ2n) is 4.65. The number of rotatable bonds is 4. The summed E-state index contributed by atoms with van der Waals surface area (Å²) in [5, 5.41) is 3.10. The fourth-order valence-corrected chi connectivity index (χ4v) is 2.47. The summed E-state index contributed by atoms with van der Waals surface area (Å²) in [6, 6.07) is 1.56. The first kappa shape index (κ1) is 14.2. The highest BCUT2D eigenvalue weighted by molar-refractivity contribution is 9.10. The fraction of sp³-hybridized carbons (Fsp3) is 0.500. The lowest BCUT2D eigenvalue weighted by molar-refractivity contribution is -0.119. The van der Waals surface area contributed by atoms with Crippen LogP contribution in [0.2, 0.25) is 0 Å². The predicted molar refractivity (Wildman–Crippen MR) is 74.2 cm³/mol. The van der Waals surface area contributed by atoms with Crippen molar-refractivity contribution in [2.75, 3.05) is 25.0 Å². The maximum atomic E-state index is 13.6. The number of amides is 1. The average molecular weight is 331 g/mol. The summed E-state index contributed by atoms with van der Waals surface area (Å²) in [5.74, 6) is -0.405. The smallest absolute Gasteiger partial charge is 0.231 e. The first-order chi connectivity index (χ1) is 9.04. The van der Waals surface area contributed by atoms with Crippen LogP contribution in [-0.4, -0.2) is 41.5 Å². The van der Waals surface area contributed by atoms with Gasteiger partial charge in [0.1, 0.15) is 0 Å². The molecule has 0 aliphatic carbocycles. The Balaban J connectivity index is 1.87. The minimum absolute atomic E-state index is 0.173. The SMILES string of the molecule is NC(=O)CN1CCC(Nc2ncc(Br)cc2F)CC1. The summed E-state index contributed by atoms with van der Waals surface area (Å²) >= 11 is 3.17. The van der Waals surface area contributed by atoms with Crippen LogP contribution in [0.4, 0.5) is 10.2 Å². The standard InChI is InChI=1S/C12H16BrFN4O/c13-8-5-10(14)12(16-6-8)17-9-1-3-18(4-2-9)7-11(15)19/h5-6,9H,1-4,7H2,(H2,15,19)(H,16,17). The molecule has 3 N–H and O–H groups in total. The van der Waals surface area contributed by atoms with Crippen LogP contribution >= 0.6 is 15.9 Å². The van der Waals surface area contributed by atoms with Crippen LogP contribution in [0.25, 0.3) is 0 Å². The zero-order chi connectivity index (χ0) is 13.8. The molecule has 0 radical (unpaired) electrons. The highest BCUT2D eigenvalue weighted by Gasteiger charge is 2.21. The summed E-state index contributed by atoms with van der Waals surface area (Å²) in [6.45, 7) is 1.84. The van der Waals surface area contributed by atoms with Gasteiger partial charge in [0, 0.05) is 29.8 Å². The van der Waals surface area contributed by atoms with Crippen LogP contribution in [0.15, 0.2) is 16.7 Å². The minimum Gasteiger partial charge on any atom is -0.369 e. The van der Waals surface area contributed by atoms with Gasteiger partial charge in [-0.05, 0) is 34.8 Å². The molecule has 1 aliphatic rings. The summed E-state index contributed by atoms with van der Waals surface area (Å²) in [5.41, 5.74) is 5.16. The normalized spacial score (nSPS) is 17.4. The third-order valence-corrected chi connectivity index (χ3v) is 3.55. The number of primary amides is 1. The molecular weight excluding hydrogens is 315 g/mol. The zero-order valence-corrected chi connectivity index (χ0v) is 12.0. The number of anilines is 1. The van der Waals surface area contributed by atoms with Crippen LogP contribution in [0.5, 0.6) is 0 Å². The van der Waals surface area contributed by atoms with Gasteiger partial charge in [-0.2, -0.15) is 0 Å². The molecule has 0 aromatic carbocycles. The quantitative estimate of drug-likeness (QED) is 0.874. The molecule has 0 spiro atoms. The van der Waals surface area contributed by atoms with Gasteiger partial charge in [0.25, 0.3) is 0 Å². The maximum Gasteiger partial charge on any atom is 0.231 e. The van der Waals surface area contributed by atoms with Crippen molar-refractivity contribution >= 4 is 27.7 Å². The van der Waals surface area contributed by atoms with Crippen molar-refractivity contribution in [2.45, 2.75) is 18.9 Å². The Kier molecular flexibility index (Phi) is 4.71. The van der Waals surface area contributed by atoms with Crippen LogP contribution < -0.4 is 11.1 Å². The van der Waals surface area contributed by atoms with Gasteiger partial charge in [-0.25, -0.2) is 9.37 Å². The Bertz CT molecular complexity index is 463. The van der Waals surface area contributed by atoms with Crippen molar-refractivity contribution in [3.8, 4) is 0 Å². The molecule has 1 aromatic rings. The zero-order valence-electron chi connectivity index (χ0n) is 10.4. The van der Waals surface area contributed by atoms with Crippen LogP contribution in [0.1, 0.15) is 12.8 Å². The molecule has 104 valence electrons. The molecule has 2 heterocycles. The number of nitrogens with zero attached hydrogens (tertiary/aromatic N) is 2. The molecule has 0 atom stereocenters. The number of piperidine rings is 1. The second kappa shape index (κ2) is 6.29. The first-order valence-corrected chi connectivity index (χ1v) is 6.92. The van der Waals surface area contributed by atoms with Crippen molar-refractivity contribution in [1.29, 1.82) is 0 Å². The van der Waals surface area contributed by atoms with Crippen molar-refractivity contribution in [2.24, 2.45) is 5.73 Å². The van der Waals surface area contributed by atoms with Crippen LogP contribution in [0, 0.1) is 5.82 Å². The van der Waals surface area contributed by atoms with Crippen LogP contribution in [-0.2, 0) is 4.79 Å². The van der Waals surface area contributed by atoms with E-state index in [9.17, 15) is 9.18 Å². The topological polar surface area (TPSA) is 71.2 Å². The predicted octanol–water partition coefficient (Wildman–Crippen LogP) is 1.34. The third kappa shape index (κ3) is 4.14. The number of halogens is 2. The Morgan fingerprint density at radius 3 is 2.84 bits per heavy atom. The number of nitrogens with one attached hydrogen (secondary N) is 1. The van der Waals surface area contributed by atoms with Gasteiger partial charge < -0.3 is 11.1 Å². The number of hydrogen-bond donors (Lipinski definition) is 2. The van der Waals surface area contributed by atoms with Gasteiger partial charge >= 0.3 is 0 Å².